The maximum Gasteiger partial charge on any atom is 0.260 e. The van der Waals surface area contributed by atoms with Gasteiger partial charge in [0.15, 0.2) is 6.61 Å². The van der Waals surface area contributed by atoms with Crippen LogP contribution in [0.3, 0.4) is 0 Å². The Morgan fingerprint density at radius 3 is 2.24 bits per heavy atom. The number of nitrogens with zero attached hydrogens (tertiary/aromatic N) is 2. The zero-order valence-electron chi connectivity index (χ0n) is 21.4. The van der Waals surface area contributed by atoms with E-state index in [2.05, 4.69) is 62.9 Å². The summed E-state index contributed by atoms with van der Waals surface area (Å²) in [5.41, 5.74) is 3.86. The van der Waals surface area contributed by atoms with E-state index in [4.69, 9.17) is 16.3 Å². The van der Waals surface area contributed by atoms with Crippen molar-refractivity contribution in [2.24, 2.45) is 0 Å². The van der Waals surface area contributed by atoms with Crippen LogP contribution in [0.15, 0.2) is 42.5 Å². The number of halogens is 1. The molecule has 2 atom stereocenters. The van der Waals surface area contributed by atoms with E-state index in [0.29, 0.717) is 11.8 Å². The first kappa shape index (κ1) is 26.6. The van der Waals surface area contributed by atoms with Gasteiger partial charge < -0.3 is 9.64 Å². The highest BCUT2D eigenvalue weighted by atomic mass is 35.5. The fourth-order valence-corrected chi connectivity index (χ4v) is 4.94. The van der Waals surface area contributed by atoms with E-state index < -0.39 is 0 Å². The lowest BCUT2D eigenvalue weighted by Gasteiger charge is -2.34. The van der Waals surface area contributed by atoms with Crippen molar-refractivity contribution < 1.29 is 9.53 Å². The van der Waals surface area contributed by atoms with E-state index in [1.54, 1.807) is 0 Å². The first-order chi connectivity index (χ1) is 16.4. The van der Waals surface area contributed by atoms with Gasteiger partial charge in [0.2, 0.25) is 0 Å². The molecule has 1 amide bonds. The lowest BCUT2D eigenvalue weighted by molar-refractivity contribution is -0.135. The topological polar surface area (TPSA) is 32.8 Å². The molecule has 1 aliphatic rings. The van der Waals surface area contributed by atoms with Crippen LogP contribution in [0.2, 0.25) is 5.02 Å². The maximum absolute atomic E-state index is 12.9. The van der Waals surface area contributed by atoms with Crippen molar-refractivity contribution in [2.45, 2.75) is 71.8 Å². The standard InChI is InChI=1S/C29H41ClN2O2/c1-5-7-22(3)25-11-14-28(27(19-25)23(4)8-6-2)34-21-29(33)32-17-15-31(16-18-32)20-24-9-12-26(30)13-10-24/h9-14,19,22-23H,5-8,15-18,20-21H2,1-4H3. The quantitative estimate of drug-likeness (QED) is 0.349. The van der Waals surface area contributed by atoms with Gasteiger partial charge in [0.1, 0.15) is 5.75 Å². The predicted octanol–water partition coefficient (Wildman–Crippen LogP) is 6.87. The van der Waals surface area contributed by atoms with Crippen LogP contribution in [0.4, 0.5) is 0 Å². The fourth-order valence-electron chi connectivity index (χ4n) is 4.81. The van der Waals surface area contributed by atoms with Gasteiger partial charge >= 0.3 is 0 Å². The number of hydrogen-bond donors (Lipinski definition) is 0. The highest BCUT2D eigenvalue weighted by Gasteiger charge is 2.22. The highest BCUT2D eigenvalue weighted by molar-refractivity contribution is 6.30. The van der Waals surface area contributed by atoms with Gasteiger partial charge in [0.25, 0.3) is 5.91 Å². The minimum atomic E-state index is 0.0728. The lowest BCUT2D eigenvalue weighted by Crippen LogP contribution is -2.49. The number of hydrogen-bond acceptors (Lipinski definition) is 3. The molecule has 1 heterocycles. The molecule has 0 N–H and O–H groups in total. The van der Waals surface area contributed by atoms with Crippen LogP contribution in [0.5, 0.6) is 5.75 Å². The molecule has 186 valence electrons. The van der Waals surface area contributed by atoms with Gasteiger partial charge in [-0.15, -0.1) is 0 Å². The van der Waals surface area contributed by atoms with E-state index in [9.17, 15) is 4.79 Å². The van der Waals surface area contributed by atoms with Crippen LogP contribution in [-0.4, -0.2) is 48.5 Å². The molecular formula is C29H41ClN2O2. The molecule has 0 radical (unpaired) electrons. The van der Waals surface area contributed by atoms with Gasteiger partial charge in [0, 0.05) is 37.7 Å². The molecule has 0 spiro atoms. The Labute approximate surface area is 211 Å². The zero-order valence-corrected chi connectivity index (χ0v) is 22.1. The summed E-state index contributed by atoms with van der Waals surface area (Å²) in [6.07, 6.45) is 4.62. The average Bonchev–Trinajstić information content (AvgIpc) is 2.84. The van der Waals surface area contributed by atoms with E-state index >= 15 is 0 Å². The molecule has 0 aromatic heterocycles. The Bertz CT molecular complexity index is 907. The van der Waals surface area contributed by atoms with E-state index in [1.807, 2.05) is 17.0 Å². The molecular weight excluding hydrogens is 444 g/mol. The van der Waals surface area contributed by atoms with Crippen molar-refractivity contribution in [1.29, 1.82) is 0 Å². The van der Waals surface area contributed by atoms with E-state index in [1.165, 1.54) is 29.5 Å². The SMILES string of the molecule is CCCC(C)c1ccc(OCC(=O)N2CCN(Cc3ccc(Cl)cc3)CC2)c(C(C)CCC)c1. The molecule has 0 saturated carbocycles. The lowest BCUT2D eigenvalue weighted by atomic mass is 9.89. The number of rotatable bonds is 11. The van der Waals surface area contributed by atoms with Crippen LogP contribution in [-0.2, 0) is 11.3 Å². The Hall–Kier alpha value is -2.04. The summed E-state index contributed by atoms with van der Waals surface area (Å²) in [5, 5.41) is 0.761. The Morgan fingerprint density at radius 2 is 1.59 bits per heavy atom. The van der Waals surface area contributed by atoms with Crippen molar-refractivity contribution in [3.63, 3.8) is 0 Å². The summed E-state index contributed by atoms with van der Waals surface area (Å²) >= 11 is 5.99. The third kappa shape index (κ3) is 7.48. The Kier molecular flexibility index (Phi) is 10.3. The molecule has 4 nitrogen and oxygen atoms in total. The minimum absolute atomic E-state index is 0.0728. The molecule has 2 aromatic rings. The summed E-state index contributed by atoms with van der Waals surface area (Å²) in [4.78, 5) is 17.2. The Morgan fingerprint density at radius 1 is 0.941 bits per heavy atom. The van der Waals surface area contributed by atoms with Crippen LogP contribution < -0.4 is 4.74 Å². The van der Waals surface area contributed by atoms with Crippen molar-refractivity contribution in [3.8, 4) is 5.75 Å². The molecule has 2 unspecified atom stereocenters. The van der Waals surface area contributed by atoms with Gasteiger partial charge in [-0.1, -0.05) is 76.4 Å². The molecule has 1 aliphatic heterocycles. The number of carbonyl (C=O) groups is 1. The molecule has 0 aliphatic carbocycles. The smallest absolute Gasteiger partial charge is 0.260 e. The Balaban J connectivity index is 1.55. The predicted molar refractivity (Wildman–Crippen MR) is 142 cm³/mol. The summed E-state index contributed by atoms with van der Waals surface area (Å²) in [5.74, 6) is 1.89. The first-order valence-corrected chi connectivity index (χ1v) is 13.3. The number of carbonyl (C=O) groups excluding carboxylic acids is 1. The minimum Gasteiger partial charge on any atom is -0.483 e. The van der Waals surface area contributed by atoms with Gasteiger partial charge in [-0.2, -0.15) is 0 Å². The van der Waals surface area contributed by atoms with E-state index in [-0.39, 0.29) is 12.5 Å². The maximum atomic E-state index is 12.9. The average molecular weight is 485 g/mol. The normalized spacial score (nSPS) is 16.3. The summed E-state index contributed by atoms with van der Waals surface area (Å²) < 4.78 is 6.13. The molecule has 1 fully saturated rings. The van der Waals surface area contributed by atoms with Gasteiger partial charge in [0.05, 0.1) is 0 Å². The van der Waals surface area contributed by atoms with Crippen LogP contribution in [0, 0.1) is 0 Å². The molecule has 5 heteroatoms. The molecule has 0 bridgehead atoms. The van der Waals surface area contributed by atoms with Crippen LogP contribution >= 0.6 is 11.6 Å². The third-order valence-corrected chi connectivity index (χ3v) is 7.22. The molecule has 2 aromatic carbocycles. The largest absolute Gasteiger partial charge is 0.483 e. The van der Waals surface area contributed by atoms with Crippen LogP contribution in [0.1, 0.15) is 81.9 Å². The van der Waals surface area contributed by atoms with Crippen LogP contribution in [0.25, 0.3) is 0 Å². The number of amides is 1. The number of benzene rings is 2. The highest BCUT2D eigenvalue weighted by Crippen LogP contribution is 2.33. The van der Waals surface area contributed by atoms with Crippen molar-refractivity contribution in [3.05, 3.63) is 64.2 Å². The monoisotopic (exact) mass is 484 g/mol. The summed E-state index contributed by atoms with van der Waals surface area (Å²) in [7, 11) is 0. The molecule has 3 rings (SSSR count). The molecule has 34 heavy (non-hydrogen) atoms. The first-order valence-electron chi connectivity index (χ1n) is 12.9. The zero-order chi connectivity index (χ0) is 24.5. The fraction of sp³-hybridized carbons (Fsp3) is 0.552. The van der Waals surface area contributed by atoms with Gasteiger partial charge in [-0.25, -0.2) is 0 Å². The molecule has 1 saturated heterocycles. The number of ether oxygens (including phenoxy) is 1. The van der Waals surface area contributed by atoms with Crippen molar-refractivity contribution >= 4 is 17.5 Å². The van der Waals surface area contributed by atoms with E-state index in [0.717, 1.165) is 56.3 Å². The second kappa shape index (κ2) is 13.2. The number of piperazine rings is 1. The second-order valence-corrected chi connectivity index (χ2v) is 10.2. The summed E-state index contributed by atoms with van der Waals surface area (Å²) in [6.45, 7) is 13.2. The van der Waals surface area contributed by atoms with Crippen molar-refractivity contribution in [1.82, 2.24) is 9.80 Å². The second-order valence-electron chi connectivity index (χ2n) is 9.75. The summed E-state index contributed by atoms with van der Waals surface area (Å²) in [6, 6.07) is 14.6. The third-order valence-electron chi connectivity index (χ3n) is 6.97. The van der Waals surface area contributed by atoms with Gasteiger partial charge in [-0.05, 0) is 59.6 Å². The van der Waals surface area contributed by atoms with Gasteiger partial charge in [-0.3, -0.25) is 9.69 Å². The van der Waals surface area contributed by atoms with Crippen molar-refractivity contribution in [2.75, 3.05) is 32.8 Å².